The molecule has 0 atom stereocenters. The van der Waals surface area contributed by atoms with Gasteiger partial charge in [0.2, 0.25) is 21.9 Å². The Balaban J connectivity index is 1.14. The van der Waals surface area contributed by atoms with Crippen molar-refractivity contribution in [2.75, 3.05) is 63.4 Å². The molecule has 1 fully saturated rings. The Morgan fingerprint density at radius 2 is 1.49 bits per heavy atom. The van der Waals surface area contributed by atoms with E-state index < -0.39 is 10.0 Å². The first-order valence-electron chi connectivity index (χ1n) is 14.7. The molecule has 0 radical (unpaired) electrons. The second-order valence-electron chi connectivity index (χ2n) is 11.7. The highest BCUT2D eigenvalue weighted by Gasteiger charge is 2.27. The number of aromatic nitrogens is 2. The highest BCUT2D eigenvalue weighted by molar-refractivity contribution is 7.89. The van der Waals surface area contributed by atoms with E-state index in [9.17, 15) is 13.2 Å². The van der Waals surface area contributed by atoms with Gasteiger partial charge in [0, 0.05) is 69.7 Å². The summed E-state index contributed by atoms with van der Waals surface area (Å²) < 4.78 is 28.1. The number of likely N-dealkylation sites (N-methyl/N-ethyl adjacent to an activating group) is 1. The fourth-order valence-electron chi connectivity index (χ4n) is 5.81. The number of nitrogens with one attached hydrogen (secondary N) is 2. The third-order valence-corrected chi connectivity index (χ3v) is 10.0. The Bertz CT molecular complexity index is 1720. The van der Waals surface area contributed by atoms with Crippen LogP contribution in [0.1, 0.15) is 25.7 Å². The van der Waals surface area contributed by atoms with Gasteiger partial charge >= 0.3 is 0 Å². The van der Waals surface area contributed by atoms with Gasteiger partial charge in [0.1, 0.15) is 5.82 Å². The lowest BCUT2D eigenvalue weighted by molar-refractivity contribution is -0.121. The van der Waals surface area contributed by atoms with Crippen molar-refractivity contribution in [2.24, 2.45) is 5.92 Å². The molecule has 228 valence electrons. The molecular weight excluding hydrogens is 562 g/mol. The molecule has 0 unspecified atom stereocenters. The number of sulfonamides is 1. The van der Waals surface area contributed by atoms with Gasteiger partial charge in [-0.2, -0.15) is 9.29 Å². The smallest absolute Gasteiger partial charge is 0.243 e. The average Bonchev–Trinajstić information content (AvgIpc) is 2.99. The molecule has 2 N–H and O–H groups in total. The third kappa shape index (κ3) is 6.67. The van der Waals surface area contributed by atoms with Gasteiger partial charge in [-0.25, -0.2) is 13.4 Å². The summed E-state index contributed by atoms with van der Waals surface area (Å²) in [6.07, 6.45) is 3.78. The van der Waals surface area contributed by atoms with Crippen LogP contribution in [0.5, 0.6) is 0 Å². The van der Waals surface area contributed by atoms with Gasteiger partial charge in [0.15, 0.2) is 0 Å². The Kier molecular flexibility index (Phi) is 9.03. The fourth-order valence-corrected chi connectivity index (χ4v) is 7.14. The van der Waals surface area contributed by atoms with Crippen molar-refractivity contribution >= 4 is 55.1 Å². The number of rotatable bonds is 10. The second kappa shape index (κ2) is 12.7. The lowest BCUT2D eigenvalue weighted by atomic mass is 9.86. The molecule has 0 aliphatic heterocycles. The SMILES string of the molecule is CN(C)c1nc(NC2CCC(CNC(=O)CN(C)S(=O)(=O)c3cccc4c(N(C)C)cccc34)CC2)nc2ccccc12. The van der Waals surface area contributed by atoms with Gasteiger partial charge in [-0.1, -0.05) is 36.4 Å². The highest BCUT2D eigenvalue weighted by Crippen LogP contribution is 2.32. The van der Waals surface area contributed by atoms with Crippen molar-refractivity contribution in [2.45, 2.75) is 36.6 Å². The van der Waals surface area contributed by atoms with Crippen LogP contribution < -0.4 is 20.4 Å². The monoisotopic (exact) mass is 603 g/mol. The van der Waals surface area contributed by atoms with E-state index in [-0.39, 0.29) is 23.4 Å². The third-order valence-electron chi connectivity index (χ3n) is 8.17. The molecule has 43 heavy (non-hydrogen) atoms. The molecule has 0 spiro atoms. The summed E-state index contributed by atoms with van der Waals surface area (Å²) >= 11 is 0. The number of benzene rings is 3. The molecule has 1 heterocycles. The highest BCUT2D eigenvalue weighted by atomic mass is 32.2. The minimum atomic E-state index is -3.87. The van der Waals surface area contributed by atoms with Crippen LogP contribution >= 0.6 is 0 Å². The average molecular weight is 604 g/mol. The number of nitrogens with zero attached hydrogens (tertiary/aromatic N) is 5. The van der Waals surface area contributed by atoms with Crippen LogP contribution in [0.25, 0.3) is 21.7 Å². The van der Waals surface area contributed by atoms with Gasteiger partial charge < -0.3 is 20.4 Å². The minimum absolute atomic E-state index is 0.197. The predicted molar refractivity (Wildman–Crippen MR) is 174 cm³/mol. The molecule has 0 saturated heterocycles. The number of hydrogen-bond acceptors (Lipinski definition) is 8. The normalized spacial score (nSPS) is 17.3. The first-order chi connectivity index (χ1) is 20.5. The van der Waals surface area contributed by atoms with E-state index >= 15 is 0 Å². The second-order valence-corrected chi connectivity index (χ2v) is 13.7. The van der Waals surface area contributed by atoms with Gasteiger partial charge in [-0.15, -0.1) is 0 Å². The maximum absolute atomic E-state index is 13.5. The first kappa shape index (κ1) is 30.5. The first-order valence-corrected chi connectivity index (χ1v) is 16.1. The van der Waals surface area contributed by atoms with Crippen LogP contribution in [0.2, 0.25) is 0 Å². The van der Waals surface area contributed by atoms with Crippen LogP contribution in [-0.4, -0.2) is 83.0 Å². The van der Waals surface area contributed by atoms with Crippen LogP contribution in [0, 0.1) is 5.92 Å². The Morgan fingerprint density at radius 1 is 0.814 bits per heavy atom. The molecular formula is C32H41N7O3S. The van der Waals surface area contributed by atoms with Crippen LogP contribution in [0.15, 0.2) is 65.6 Å². The van der Waals surface area contributed by atoms with E-state index in [1.54, 1.807) is 12.1 Å². The zero-order valence-electron chi connectivity index (χ0n) is 25.5. The zero-order chi connectivity index (χ0) is 30.7. The number of hydrogen-bond donors (Lipinski definition) is 2. The number of carbonyl (C=O) groups excluding carboxylic acids is 1. The van der Waals surface area contributed by atoms with Crippen LogP contribution in [0.4, 0.5) is 17.5 Å². The molecule has 10 nitrogen and oxygen atoms in total. The molecule has 1 aliphatic carbocycles. The van der Waals surface area contributed by atoms with E-state index in [0.717, 1.165) is 57.8 Å². The summed E-state index contributed by atoms with van der Waals surface area (Å²) in [7, 11) is 5.40. The summed E-state index contributed by atoms with van der Waals surface area (Å²) in [6, 6.07) is 19.1. The topological polar surface area (TPSA) is 111 Å². The molecule has 4 aromatic rings. The van der Waals surface area contributed by atoms with E-state index in [1.165, 1.54) is 7.05 Å². The van der Waals surface area contributed by atoms with Gasteiger partial charge in [-0.05, 0) is 55.9 Å². The summed E-state index contributed by atoms with van der Waals surface area (Å²) in [4.78, 5) is 26.5. The minimum Gasteiger partial charge on any atom is -0.377 e. The van der Waals surface area contributed by atoms with E-state index in [1.807, 2.05) is 86.5 Å². The van der Waals surface area contributed by atoms with Gasteiger partial charge in [0.25, 0.3) is 0 Å². The summed E-state index contributed by atoms with van der Waals surface area (Å²) in [5, 5.41) is 9.00. The molecule has 5 rings (SSSR count). The number of fused-ring (bicyclic) bond motifs is 2. The number of anilines is 3. The molecule has 1 aromatic heterocycles. The van der Waals surface area contributed by atoms with Crippen LogP contribution in [0.3, 0.4) is 0 Å². The molecule has 1 amide bonds. The fraction of sp³-hybridized carbons (Fsp3) is 0.406. The lowest BCUT2D eigenvalue weighted by Gasteiger charge is -2.29. The number of para-hydroxylation sites is 1. The van der Waals surface area contributed by atoms with Crippen molar-refractivity contribution in [1.29, 1.82) is 0 Å². The molecule has 0 bridgehead atoms. The van der Waals surface area contributed by atoms with Gasteiger partial charge in [-0.3, -0.25) is 4.79 Å². The lowest BCUT2D eigenvalue weighted by Crippen LogP contribution is -2.41. The van der Waals surface area contributed by atoms with Crippen molar-refractivity contribution < 1.29 is 13.2 Å². The van der Waals surface area contributed by atoms with Crippen molar-refractivity contribution in [3.05, 3.63) is 60.7 Å². The summed E-state index contributed by atoms with van der Waals surface area (Å²) in [6.45, 7) is 0.285. The summed E-state index contributed by atoms with van der Waals surface area (Å²) in [5.74, 6) is 1.55. The quantitative estimate of drug-likeness (QED) is 0.276. The maximum atomic E-state index is 13.5. The van der Waals surface area contributed by atoms with E-state index in [4.69, 9.17) is 9.97 Å². The molecule has 1 aliphatic rings. The summed E-state index contributed by atoms with van der Waals surface area (Å²) in [5.41, 5.74) is 1.84. The number of carbonyl (C=O) groups is 1. The Hall–Kier alpha value is -3.96. The van der Waals surface area contributed by atoms with Crippen molar-refractivity contribution in [3.8, 4) is 0 Å². The molecule has 1 saturated carbocycles. The number of amides is 1. The van der Waals surface area contributed by atoms with Crippen LogP contribution in [-0.2, 0) is 14.8 Å². The molecule has 11 heteroatoms. The van der Waals surface area contributed by atoms with E-state index in [0.29, 0.717) is 23.8 Å². The molecule has 3 aromatic carbocycles. The maximum Gasteiger partial charge on any atom is 0.243 e. The van der Waals surface area contributed by atoms with E-state index in [2.05, 4.69) is 10.6 Å². The predicted octanol–water partition coefficient (Wildman–Crippen LogP) is 4.32. The van der Waals surface area contributed by atoms with Crippen molar-refractivity contribution in [3.63, 3.8) is 0 Å². The standard InChI is InChI=1S/C32H41N7O3S/c1-37(2)28-14-8-12-25-24(28)11-9-15-29(25)43(41,42)39(5)21-30(40)33-20-22-16-18-23(19-17-22)34-32-35-27-13-7-6-10-26(27)31(36-32)38(3)4/h6-15,22-23H,16-21H2,1-5H3,(H,33,40)(H,34,35,36). The van der Waals surface area contributed by atoms with Gasteiger partial charge in [0.05, 0.1) is 17.0 Å². The largest absolute Gasteiger partial charge is 0.377 e. The Labute approximate surface area is 254 Å². The van der Waals surface area contributed by atoms with Crippen molar-refractivity contribution in [1.82, 2.24) is 19.6 Å². The zero-order valence-corrected chi connectivity index (χ0v) is 26.4. The Morgan fingerprint density at radius 3 is 2.21 bits per heavy atom.